The molecular formula is C15H22N2O2. The van der Waals surface area contributed by atoms with Crippen LogP contribution in [-0.2, 0) is 11.3 Å². The summed E-state index contributed by atoms with van der Waals surface area (Å²) in [6.07, 6.45) is 0.920. The summed E-state index contributed by atoms with van der Waals surface area (Å²) in [4.78, 5) is 16.4. The van der Waals surface area contributed by atoms with Crippen LogP contribution < -0.4 is 0 Å². The van der Waals surface area contributed by atoms with E-state index in [1.54, 1.807) is 0 Å². The van der Waals surface area contributed by atoms with Gasteiger partial charge in [0.25, 0.3) is 5.91 Å². The highest BCUT2D eigenvalue weighted by atomic mass is 16.5. The maximum absolute atomic E-state index is 12.4. The summed E-state index contributed by atoms with van der Waals surface area (Å²) < 4.78 is 5.39. The van der Waals surface area contributed by atoms with Gasteiger partial charge < -0.3 is 14.5 Å². The van der Waals surface area contributed by atoms with E-state index >= 15 is 0 Å². The number of hydrogen-bond acceptors (Lipinski definition) is 3. The van der Waals surface area contributed by atoms with E-state index in [4.69, 9.17) is 4.74 Å². The first kappa shape index (κ1) is 14.0. The number of benzene rings is 1. The number of nitrogens with zero attached hydrogens (tertiary/aromatic N) is 2. The summed E-state index contributed by atoms with van der Waals surface area (Å²) >= 11 is 0. The van der Waals surface area contributed by atoms with E-state index in [9.17, 15) is 4.79 Å². The van der Waals surface area contributed by atoms with Gasteiger partial charge in [0.2, 0.25) is 0 Å². The summed E-state index contributed by atoms with van der Waals surface area (Å²) in [5.74, 6) is 0.117. The Morgan fingerprint density at radius 2 is 2.16 bits per heavy atom. The van der Waals surface area contributed by atoms with Gasteiger partial charge >= 0.3 is 0 Å². The van der Waals surface area contributed by atoms with Crippen molar-refractivity contribution >= 4 is 5.91 Å². The fraction of sp³-hybridized carbons (Fsp3) is 0.533. The van der Waals surface area contributed by atoms with Crippen molar-refractivity contribution in [2.45, 2.75) is 13.0 Å². The average Bonchev–Trinajstić information content (AvgIpc) is 2.66. The lowest BCUT2D eigenvalue weighted by Crippen LogP contribution is -2.33. The quantitative estimate of drug-likeness (QED) is 0.829. The van der Waals surface area contributed by atoms with Gasteiger partial charge in [0, 0.05) is 31.8 Å². The molecule has 4 heteroatoms. The topological polar surface area (TPSA) is 32.8 Å². The second-order valence-electron chi connectivity index (χ2n) is 5.20. The van der Waals surface area contributed by atoms with Crippen molar-refractivity contribution in [1.82, 2.24) is 9.80 Å². The maximum atomic E-state index is 12.4. The Morgan fingerprint density at radius 3 is 2.95 bits per heavy atom. The molecule has 0 N–H and O–H groups in total. The Bertz CT molecular complexity index is 424. The molecule has 4 nitrogen and oxygen atoms in total. The molecule has 19 heavy (non-hydrogen) atoms. The summed E-state index contributed by atoms with van der Waals surface area (Å²) in [5.41, 5.74) is 1.95. The molecule has 0 saturated carbocycles. The first-order valence-corrected chi connectivity index (χ1v) is 6.77. The predicted octanol–water partition coefficient (Wildman–Crippen LogP) is 1.61. The van der Waals surface area contributed by atoms with Crippen LogP contribution in [0.4, 0.5) is 0 Å². The first-order valence-electron chi connectivity index (χ1n) is 6.77. The van der Waals surface area contributed by atoms with Gasteiger partial charge in [0.15, 0.2) is 0 Å². The zero-order chi connectivity index (χ0) is 13.7. The van der Waals surface area contributed by atoms with Crippen LogP contribution in [0.1, 0.15) is 22.3 Å². The zero-order valence-electron chi connectivity index (χ0n) is 11.8. The lowest BCUT2D eigenvalue weighted by atomic mass is 10.1. The zero-order valence-corrected chi connectivity index (χ0v) is 11.8. The Labute approximate surface area is 115 Å². The number of hydrogen-bond donors (Lipinski definition) is 0. The molecular weight excluding hydrogens is 240 g/mol. The Hall–Kier alpha value is -1.39. The molecule has 1 aliphatic heterocycles. The van der Waals surface area contributed by atoms with Gasteiger partial charge in [-0.15, -0.1) is 0 Å². The summed E-state index contributed by atoms with van der Waals surface area (Å²) in [7, 11) is 4.06. The molecule has 1 aromatic rings. The van der Waals surface area contributed by atoms with Crippen LogP contribution in [-0.4, -0.2) is 56.1 Å². The molecule has 0 bridgehead atoms. The van der Waals surface area contributed by atoms with E-state index in [0.717, 1.165) is 31.7 Å². The largest absolute Gasteiger partial charge is 0.380 e. The van der Waals surface area contributed by atoms with E-state index in [2.05, 4.69) is 11.0 Å². The molecule has 2 rings (SSSR count). The van der Waals surface area contributed by atoms with Gasteiger partial charge in [-0.2, -0.15) is 0 Å². The van der Waals surface area contributed by atoms with Gasteiger partial charge in [0.1, 0.15) is 0 Å². The molecule has 0 aromatic heterocycles. The standard InChI is InChI=1S/C15H22N2O2/c1-16(2)12-13-5-3-6-14(11-13)15(18)17-7-4-9-19-10-8-17/h3,5-6,11H,4,7-10,12H2,1-2H3. The minimum atomic E-state index is 0.117. The maximum Gasteiger partial charge on any atom is 0.253 e. The smallest absolute Gasteiger partial charge is 0.253 e. The van der Waals surface area contributed by atoms with Crippen molar-refractivity contribution in [1.29, 1.82) is 0 Å². The highest BCUT2D eigenvalue weighted by molar-refractivity contribution is 5.94. The lowest BCUT2D eigenvalue weighted by molar-refractivity contribution is 0.0741. The molecule has 1 aliphatic rings. The normalized spacial score (nSPS) is 16.5. The number of ether oxygens (including phenoxy) is 1. The highest BCUT2D eigenvalue weighted by Gasteiger charge is 2.17. The Morgan fingerprint density at radius 1 is 1.32 bits per heavy atom. The second-order valence-corrected chi connectivity index (χ2v) is 5.20. The molecule has 0 aliphatic carbocycles. The molecule has 0 unspecified atom stereocenters. The van der Waals surface area contributed by atoms with Gasteiger partial charge in [-0.25, -0.2) is 0 Å². The first-order chi connectivity index (χ1) is 9.16. The predicted molar refractivity (Wildman–Crippen MR) is 75.2 cm³/mol. The van der Waals surface area contributed by atoms with Crippen LogP contribution in [0.2, 0.25) is 0 Å². The van der Waals surface area contributed by atoms with Gasteiger partial charge in [0.05, 0.1) is 6.61 Å². The highest BCUT2D eigenvalue weighted by Crippen LogP contribution is 2.11. The fourth-order valence-corrected chi connectivity index (χ4v) is 2.30. The molecule has 1 aromatic carbocycles. The third-order valence-electron chi connectivity index (χ3n) is 3.18. The number of amides is 1. The third-order valence-corrected chi connectivity index (χ3v) is 3.18. The van der Waals surface area contributed by atoms with E-state index < -0.39 is 0 Å². The molecule has 104 valence electrons. The van der Waals surface area contributed by atoms with Crippen LogP contribution in [0.5, 0.6) is 0 Å². The molecule has 0 atom stereocenters. The van der Waals surface area contributed by atoms with E-state index in [-0.39, 0.29) is 5.91 Å². The monoisotopic (exact) mass is 262 g/mol. The van der Waals surface area contributed by atoms with Crippen molar-refractivity contribution in [2.24, 2.45) is 0 Å². The van der Waals surface area contributed by atoms with Crippen LogP contribution in [0.3, 0.4) is 0 Å². The number of rotatable bonds is 3. The van der Waals surface area contributed by atoms with Gasteiger partial charge in [-0.05, 0) is 38.2 Å². The van der Waals surface area contributed by atoms with E-state index in [0.29, 0.717) is 13.2 Å². The Balaban J connectivity index is 2.09. The van der Waals surface area contributed by atoms with Crippen LogP contribution in [0.25, 0.3) is 0 Å². The SMILES string of the molecule is CN(C)Cc1cccc(C(=O)N2CCCOCC2)c1. The molecule has 1 saturated heterocycles. The number of carbonyl (C=O) groups excluding carboxylic acids is 1. The molecule has 1 fully saturated rings. The molecule has 0 spiro atoms. The van der Waals surface area contributed by atoms with E-state index in [1.165, 1.54) is 5.56 Å². The molecule has 0 radical (unpaired) electrons. The lowest BCUT2D eigenvalue weighted by Gasteiger charge is -2.20. The van der Waals surface area contributed by atoms with Crippen LogP contribution in [0.15, 0.2) is 24.3 Å². The third kappa shape index (κ3) is 4.04. The van der Waals surface area contributed by atoms with Crippen molar-refractivity contribution in [3.63, 3.8) is 0 Å². The van der Waals surface area contributed by atoms with E-state index in [1.807, 2.05) is 37.2 Å². The summed E-state index contributed by atoms with van der Waals surface area (Å²) in [5, 5.41) is 0. The van der Waals surface area contributed by atoms with Crippen molar-refractivity contribution in [3.05, 3.63) is 35.4 Å². The van der Waals surface area contributed by atoms with Crippen molar-refractivity contribution in [2.75, 3.05) is 40.4 Å². The van der Waals surface area contributed by atoms with Gasteiger partial charge in [-0.1, -0.05) is 12.1 Å². The summed E-state index contributed by atoms with van der Waals surface area (Å²) in [6, 6.07) is 7.91. The van der Waals surface area contributed by atoms with Gasteiger partial charge in [-0.3, -0.25) is 4.79 Å². The summed E-state index contributed by atoms with van der Waals surface area (Å²) in [6.45, 7) is 3.73. The molecule has 1 heterocycles. The average molecular weight is 262 g/mol. The van der Waals surface area contributed by atoms with Crippen LogP contribution >= 0.6 is 0 Å². The second kappa shape index (κ2) is 6.68. The molecule has 1 amide bonds. The Kier molecular flexibility index (Phi) is 4.93. The number of carbonyl (C=O) groups is 1. The van der Waals surface area contributed by atoms with Crippen molar-refractivity contribution < 1.29 is 9.53 Å². The van der Waals surface area contributed by atoms with Crippen molar-refractivity contribution in [3.8, 4) is 0 Å². The van der Waals surface area contributed by atoms with Crippen LogP contribution in [0, 0.1) is 0 Å². The minimum absolute atomic E-state index is 0.117. The minimum Gasteiger partial charge on any atom is -0.380 e. The fourth-order valence-electron chi connectivity index (χ4n) is 2.30.